The van der Waals surface area contributed by atoms with Crippen molar-refractivity contribution in [1.29, 1.82) is 0 Å². The second-order valence-corrected chi connectivity index (χ2v) is 7.76. The van der Waals surface area contributed by atoms with Gasteiger partial charge in [0.05, 0.1) is 12.7 Å². The maximum atomic E-state index is 13.0. The van der Waals surface area contributed by atoms with Crippen LogP contribution in [0.4, 0.5) is 5.69 Å². The van der Waals surface area contributed by atoms with Crippen LogP contribution >= 0.6 is 0 Å². The third-order valence-electron chi connectivity index (χ3n) is 5.82. The maximum absolute atomic E-state index is 13.0. The number of rotatable bonds is 5. The molecular weight excluding hydrogens is 380 g/mol. The van der Waals surface area contributed by atoms with Crippen LogP contribution in [0.5, 0.6) is 5.75 Å². The average molecular weight is 406 g/mol. The van der Waals surface area contributed by atoms with Crippen molar-refractivity contribution in [2.24, 2.45) is 0 Å². The summed E-state index contributed by atoms with van der Waals surface area (Å²) in [7, 11) is 1.57. The molecule has 4 rings (SSSR count). The number of ether oxygens (including phenoxy) is 1. The minimum atomic E-state index is -1.47. The molecule has 6 heteroatoms. The first-order chi connectivity index (χ1) is 14.6. The minimum absolute atomic E-state index is 0.0627. The zero-order valence-electron chi connectivity index (χ0n) is 17.0. The molecule has 6 nitrogen and oxygen atoms in total. The molecule has 2 amide bonds. The van der Waals surface area contributed by atoms with Gasteiger partial charge in [-0.15, -0.1) is 0 Å². The van der Waals surface area contributed by atoms with Crippen molar-refractivity contribution in [3.05, 3.63) is 59.7 Å². The normalized spacial score (nSPS) is 18.9. The number of hydrogen-bond acceptors (Lipinski definition) is 4. The van der Waals surface area contributed by atoms with Gasteiger partial charge in [-0.25, -0.2) is 0 Å². The number of nitrogens with one attached hydrogen (secondary N) is 2. The Morgan fingerprint density at radius 3 is 2.50 bits per heavy atom. The van der Waals surface area contributed by atoms with E-state index in [1.807, 2.05) is 18.2 Å². The standard InChI is InChI=1S/C24H26N2O4/c1-30-17-13-11-15(12-14-17)20(21-18-9-5-6-10-19(18)26-23(21)28)22(27)24(29)25-16-7-3-2-4-8-16/h5-6,9-14,16,22,27H,2-4,7-8H2,1H3,(H,25,29)(H,26,28)/b21-20-. The van der Waals surface area contributed by atoms with Crippen LogP contribution in [-0.4, -0.2) is 36.2 Å². The van der Waals surface area contributed by atoms with E-state index in [-0.39, 0.29) is 11.9 Å². The number of methoxy groups -OCH3 is 1. The van der Waals surface area contributed by atoms with Gasteiger partial charge in [-0.1, -0.05) is 49.6 Å². The molecule has 0 spiro atoms. The van der Waals surface area contributed by atoms with Crippen molar-refractivity contribution < 1.29 is 19.4 Å². The third kappa shape index (κ3) is 3.96. The van der Waals surface area contributed by atoms with Gasteiger partial charge in [0, 0.05) is 22.9 Å². The fourth-order valence-corrected chi connectivity index (χ4v) is 4.25. The molecule has 0 radical (unpaired) electrons. The molecule has 1 saturated carbocycles. The first kappa shape index (κ1) is 20.2. The summed E-state index contributed by atoms with van der Waals surface area (Å²) in [6.07, 6.45) is 3.68. The van der Waals surface area contributed by atoms with Gasteiger partial charge in [0.1, 0.15) is 5.75 Å². The van der Waals surface area contributed by atoms with E-state index in [2.05, 4.69) is 10.6 Å². The molecule has 3 N–H and O–H groups in total. The number of para-hydroxylation sites is 1. The first-order valence-corrected chi connectivity index (χ1v) is 10.4. The average Bonchev–Trinajstić information content (AvgIpc) is 3.11. The van der Waals surface area contributed by atoms with Crippen molar-refractivity contribution in [2.45, 2.75) is 44.2 Å². The summed E-state index contributed by atoms with van der Waals surface area (Å²) in [6, 6.07) is 14.4. The number of anilines is 1. The molecule has 0 bridgehead atoms. The molecule has 156 valence electrons. The molecule has 0 aromatic heterocycles. The van der Waals surface area contributed by atoms with E-state index < -0.39 is 12.0 Å². The van der Waals surface area contributed by atoms with E-state index in [1.54, 1.807) is 37.4 Å². The Hall–Kier alpha value is -3.12. The first-order valence-electron chi connectivity index (χ1n) is 10.4. The van der Waals surface area contributed by atoms with Crippen LogP contribution < -0.4 is 15.4 Å². The molecule has 1 atom stereocenters. The Morgan fingerprint density at radius 1 is 1.10 bits per heavy atom. The zero-order valence-corrected chi connectivity index (χ0v) is 17.0. The van der Waals surface area contributed by atoms with Crippen LogP contribution in [0.2, 0.25) is 0 Å². The lowest BCUT2D eigenvalue weighted by Gasteiger charge is -2.25. The Kier molecular flexibility index (Phi) is 5.86. The predicted molar refractivity (Wildman–Crippen MR) is 116 cm³/mol. The second-order valence-electron chi connectivity index (χ2n) is 7.76. The molecule has 30 heavy (non-hydrogen) atoms. The molecule has 2 aromatic rings. The number of carbonyl (C=O) groups excluding carboxylic acids is 2. The highest BCUT2D eigenvalue weighted by atomic mass is 16.5. The molecular formula is C24H26N2O4. The summed E-state index contributed by atoms with van der Waals surface area (Å²) in [5.74, 6) is -0.149. The van der Waals surface area contributed by atoms with Crippen LogP contribution in [0.3, 0.4) is 0 Å². The third-order valence-corrected chi connectivity index (χ3v) is 5.82. The van der Waals surface area contributed by atoms with Crippen LogP contribution in [0, 0.1) is 0 Å². The van der Waals surface area contributed by atoms with Gasteiger partial charge in [-0.05, 0) is 36.6 Å². The van der Waals surface area contributed by atoms with Crippen LogP contribution in [0.1, 0.15) is 43.2 Å². The van der Waals surface area contributed by atoms with E-state index >= 15 is 0 Å². The highest BCUT2D eigenvalue weighted by molar-refractivity contribution is 6.38. The van der Waals surface area contributed by atoms with Gasteiger partial charge in [-0.3, -0.25) is 9.59 Å². The van der Waals surface area contributed by atoms with Crippen molar-refractivity contribution in [3.63, 3.8) is 0 Å². The van der Waals surface area contributed by atoms with E-state index in [4.69, 9.17) is 4.74 Å². The van der Waals surface area contributed by atoms with Gasteiger partial charge < -0.3 is 20.5 Å². The molecule has 0 saturated heterocycles. The van der Waals surface area contributed by atoms with Gasteiger partial charge in [0.2, 0.25) is 0 Å². The number of amides is 2. The summed E-state index contributed by atoms with van der Waals surface area (Å²) in [6.45, 7) is 0. The smallest absolute Gasteiger partial charge is 0.256 e. The van der Waals surface area contributed by atoms with Crippen LogP contribution in [0.15, 0.2) is 48.5 Å². The van der Waals surface area contributed by atoms with Gasteiger partial charge in [-0.2, -0.15) is 0 Å². The van der Waals surface area contributed by atoms with E-state index in [0.717, 1.165) is 25.7 Å². The molecule has 2 aliphatic rings. The van der Waals surface area contributed by atoms with E-state index in [0.29, 0.717) is 33.7 Å². The molecule has 1 aliphatic carbocycles. The van der Waals surface area contributed by atoms with Gasteiger partial charge in [0.25, 0.3) is 11.8 Å². The Balaban J connectivity index is 1.76. The number of hydrogen-bond donors (Lipinski definition) is 3. The minimum Gasteiger partial charge on any atom is -0.497 e. The Bertz CT molecular complexity index is 975. The van der Waals surface area contributed by atoms with Gasteiger partial charge in [0.15, 0.2) is 6.10 Å². The van der Waals surface area contributed by atoms with Crippen molar-refractivity contribution in [3.8, 4) is 5.75 Å². The van der Waals surface area contributed by atoms with E-state index in [9.17, 15) is 14.7 Å². The summed E-state index contributed by atoms with van der Waals surface area (Å²) in [4.78, 5) is 25.8. The maximum Gasteiger partial charge on any atom is 0.256 e. The van der Waals surface area contributed by atoms with Crippen LogP contribution in [-0.2, 0) is 9.59 Å². The van der Waals surface area contributed by atoms with Crippen molar-refractivity contribution in [1.82, 2.24) is 5.32 Å². The monoisotopic (exact) mass is 406 g/mol. The number of fused-ring (bicyclic) bond motifs is 1. The number of aliphatic hydroxyl groups excluding tert-OH is 1. The Morgan fingerprint density at radius 2 is 1.80 bits per heavy atom. The fourth-order valence-electron chi connectivity index (χ4n) is 4.25. The predicted octanol–water partition coefficient (Wildman–Crippen LogP) is 3.37. The number of benzene rings is 2. The van der Waals surface area contributed by atoms with Crippen molar-refractivity contribution in [2.75, 3.05) is 12.4 Å². The van der Waals surface area contributed by atoms with E-state index in [1.165, 1.54) is 6.42 Å². The zero-order chi connectivity index (χ0) is 21.1. The SMILES string of the molecule is COc1ccc(/C(=C2/C(=O)Nc3ccccc32)C(O)C(=O)NC2CCCCC2)cc1. The molecule has 1 aliphatic heterocycles. The number of aliphatic hydroxyl groups is 1. The lowest BCUT2D eigenvalue weighted by atomic mass is 9.90. The topological polar surface area (TPSA) is 87.7 Å². The van der Waals surface area contributed by atoms with Crippen molar-refractivity contribution >= 4 is 28.6 Å². The van der Waals surface area contributed by atoms with Gasteiger partial charge >= 0.3 is 0 Å². The largest absolute Gasteiger partial charge is 0.497 e. The highest BCUT2D eigenvalue weighted by Gasteiger charge is 2.34. The summed E-state index contributed by atoms with van der Waals surface area (Å²) < 4.78 is 5.22. The number of carbonyl (C=O) groups is 2. The lowest BCUT2D eigenvalue weighted by Crippen LogP contribution is -2.43. The summed E-state index contributed by atoms with van der Waals surface area (Å²) >= 11 is 0. The highest BCUT2D eigenvalue weighted by Crippen LogP contribution is 2.38. The molecule has 2 aromatic carbocycles. The summed E-state index contributed by atoms with van der Waals surface area (Å²) in [5.41, 5.74) is 2.57. The fraction of sp³-hybridized carbons (Fsp3) is 0.333. The van der Waals surface area contributed by atoms with Crippen LogP contribution in [0.25, 0.3) is 11.1 Å². The summed E-state index contributed by atoms with van der Waals surface area (Å²) in [5, 5.41) is 16.9. The molecule has 1 unspecified atom stereocenters. The Labute approximate surface area is 175 Å². The lowest BCUT2D eigenvalue weighted by molar-refractivity contribution is -0.127. The second kappa shape index (κ2) is 8.71. The molecule has 1 heterocycles. The molecule has 1 fully saturated rings. The quantitative estimate of drug-likeness (QED) is 0.665.